The smallest absolute Gasteiger partial charge is 0.315 e. The van der Waals surface area contributed by atoms with Gasteiger partial charge in [0.15, 0.2) is 0 Å². The fourth-order valence-electron chi connectivity index (χ4n) is 1.45. The zero-order valence-electron chi connectivity index (χ0n) is 11.0. The van der Waals surface area contributed by atoms with Gasteiger partial charge in [-0.15, -0.1) is 6.58 Å². The molecule has 0 aliphatic carbocycles. The average molecular weight is 261 g/mol. The second-order valence-corrected chi connectivity index (χ2v) is 3.91. The molecule has 0 spiro atoms. The normalized spacial score (nSPS) is 9.53. The topological polar surface area (TPSA) is 70.2 Å². The number of nitrogens with one attached hydrogen (secondary N) is 3. The van der Waals surface area contributed by atoms with Crippen molar-refractivity contribution in [3.8, 4) is 0 Å². The molecule has 0 fully saturated rings. The summed E-state index contributed by atoms with van der Waals surface area (Å²) >= 11 is 0. The molecule has 5 heteroatoms. The number of carbonyl (C=O) groups is 2. The van der Waals surface area contributed by atoms with E-state index in [1.165, 1.54) is 0 Å². The van der Waals surface area contributed by atoms with Crippen molar-refractivity contribution in [3.05, 3.63) is 48.0 Å². The van der Waals surface area contributed by atoms with Crippen LogP contribution < -0.4 is 16.0 Å². The summed E-state index contributed by atoms with van der Waals surface area (Å²) in [7, 11) is 0. The molecule has 1 aromatic carbocycles. The molecule has 0 heterocycles. The lowest BCUT2D eigenvalue weighted by Gasteiger charge is -2.07. The Morgan fingerprint density at radius 2 is 1.84 bits per heavy atom. The minimum atomic E-state index is -0.243. The van der Waals surface area contributed by atoms with Crippen LogP contribution in [-0.4, -0.2) is 25.0 Å². The Kier molecular flexibility index (Phi) is 6.15. The zero-order valence-corrected chi connectivity index (χ0v) is 11.0. The van der Waals surface area contributed by atoms with Crippen LogP contribution in [0, 0.1) is 0 Å². The Bertz CT molecular complexity index is 441. The molecule has 3 amide bonds. The number of carbonyl (C=O) groups excluding carboxylic acids is 2. The molecule has 3 N–H and O–H groups in total. The van der Waals surface area contributed by atoms with Gasteiger partial charge in [-0.25, -0.2) is 4.79 Å². The molecule has 1 aromatic rings. The maximum Gasteiger partial charge on any atom is 0.315 e. The number of amides is 3. The Balaban J connectivity index is 2.46. The fraction of sp³-hybridized carbons (Fsp3) is 0.286. The van der Waals surface area contributed by atoms with Crippen molar-refractivity contribution < 1.29 is 9.59 Å². The van der Waals surface area contributed by atoms with Gasteiger partial charge < -0.3 is 16.0 Å². The van der Waals surface area contributed by atoms with Crippen LogP contribution in [0.1, 0.15) is 22.8 Å². The van der Waals surface area contributed by atoms with E-state index in [9.17, 15) is 9.59 Å². The first-order chi connectivity index (χ1) is 9.17. The summed E-state index contributed by atoms with van der Waals surface area (Å²) in [6.07, 6.45) is 1.61. The van der Waals surface area contributed by atoms with Gasteiger partial charge in [0.1, 0.15) is 0 Å². The molecule has 0 saturated heterocycles. The summed E-state index contributed by atoms with van der Waals surface area (Å²) in [5.74, 6) is -0.0919. The van der Waals surface area contributed by atoms with E-state index in [0.29, 0.717) is 25.2 Å². The minimum absolute atomic E-state index is 0.0919. The first kappa shape index (κ1) is 14.8. The van der Waals surface area contributed by atoms with Gasteiger partial charge in [0.05, 0.1) is 0 Å². The highest BCUT2D eigenvalue weighted by molar-refractivity contribution is 5.94. The van der Waals surface area contributed by atoms with Gasteiger partial charge in [0.2, 0.25) is 0 Å². The van der Waals surface area contributed by atoms with Gasteiger partial charge in [0, 0.05) is 25.2 Å². The monoisotopic (exact) mass is 261 g/mol. The second-order valence-electron chi connectivity index (χ2n) is 3.91. The molecule has 0 bridgehead atoms. The Morgan fingerprint density at radius 1 is 1.16 bits per heavy atom. The highest BCUT2D eigenvalue weighted by Gasteiger charge is 2.04. The SMILES string of the molecule is C=CCNC(=O)NCc1ccc(C(=O)NCC)cc1. The van der Waals surface area contributed by atoms with Crippen LogP contribution >= 0.6 is 0 Å². The molecular formula is C14H19N3O2. The summed E-state index contributed by atoms with van der Waals surface area (Å²) in [5.41, 5.74) is 1.54. The molecule has 0 radical (unpaired) electrons. The van der Waals surface area contributed by atoms with Gasteiger partial charge in [0.25, 0.3) is 5.91 Å². The van der Waals surface area contributed by atoms with Crippen LogP contribution in [0.3, 0.4) is 0 Å². The van der Waals surface area contributed by atoms with E-state index in [1.54, 1.807) is 18.2 Å². The van der Waals surface area contributed by atoms with Gasteiger partial charge in [-0.3, -0.25) is 4.79 Å². The van der Waals surface area contributed by atoms with E-state index in [4.69, 9.17) is 0 Å². The summed E-state index contributed by atoms with van der Waals surface area (Å²) in [6, 6.07) is 6.87. The van der Waals surface area contributed by atoms with Gasteiger partial charge in [-0.1, -0.05) is 18.2 Å². The number of benzene rings is 1. The van der Waals surface area contributed by atoms with Crippen LogP contribution in [0.5, 0.6) is 0 Å². The summed E-state index contributed by atoms with van der Waals surface area (Å²) in [4.78, 5) is 22.8. The number of rotatable bonds is 6. The second kappa shape index (κ2) is 7.92. The Labute approximate surface area is 113 Å². The van der Waals surface area contributed by atoms with Crippen molar-refractivity contribution in [1.82, 2.24) is 16.0 Å². The van der Waals surface area contributed by atoms with Crippen molar-refractivity contribution in [3.63, 3.8) is 0 Å². The third kappa shape index (κ3) is 5.25. The van der Waals surface area contributed by atoms with E-state index in [0.717, 1.165) is 5.56 Å². The van der Waals surface area contributed by atoms with E-state index >= 15 is 0 Å². The average Bonchev–Trinajstić information content (AvgIpc) is 2.43. The Hall–Kier alpha value is -2.30. The van der Waals surface area contributed by atoms with E-state index < -0.39 is 0 Å². The quantitative estimate of drug-likeness (QED) is 0.678. The molecular weight excluding hydrogens is 242 g/mol. The summed E-state index contributed by atoms with van der Waals surface area (Å²) < 4.78 is 0. The molecule has 0 saturated carbocycles. The fourth-order valence-corrected chi connectivity index (χ4v) is 1.45. The van der Waals surface area contributed by atoms with Crippen molar-refractivity contribution >= 4 is 11.9 Å². The van der Waals surface area contributed by atoms with E-state index in [1.807, 2.05) is 19.1 Å². The number of hydrogen-bond donors (Lipinski definition) is 3. The molecule has 0 aliphatic rings. The van der Waals surface area contributed by atoms with Crippen molar-refractivity contribution in [2.24, 2.45) is 0 Å². The van der Waals surface area contributed by atoms with E-state index in [2.05, 4.69) is 22.5 Å². The van der Waals surface area contributed by atoms with Gasteiger partial charge in [-0.2, -0.15) is 0 Å². The minimum Gasteiger partial charge on any atom is -0.352 e. The molecule has 0 unspecified atom stereocenters. The largest absolute Gasteiger partial charge is 0.352 e. The standard InChI is InChI=1S/C14H19N3O2/c1-3-9-16-14(19)17-10-11-5-7-12(8-6-11)13(18)15-4-2/h3,5-8H,1,4,9-10H2,2H3,(H,15,18)(H2,16,17,19). The van der Waals surface area contributed by atoms with Crippen molar-refractivity contribution in [1.29, 1.82) is 0 Å². The van der Waals surface area contributed by atoms with E-state index in [-0.39, 0.29) is 11.9 Å². The predicted molar refractivity (Wildman–Crippen MR) is 74.9 cm³/mol. The molecule has 5 nitrogen and oxygen atoms in total. The molecule has 1 rings (SSSR count). The molecule has 19 heavy (non-hydrogen) atoms. The molecule has 0 aliphatic heterocycles. The predicted octanol–water partition coefficient (Wildman–Crippen LogP) is 1.42. The van der Waals surface area contributed by atoms with Crippen LogP contribution in [0.15, 0.2) is 36.9 Å². The highest BCUT2D eigenvalue weighted by Crippen LogP contribution is 2.04. The first-order valence-electron chi connectivity index (χ1n) is 6.17. The van der Waals surface area contributed by atoms with Crippen LogP contribution in [-0.2, 0) is 6.54 Å². The number of hydrogen-bond acceptors (Lipinski definition) is 2. The van der Waals surface area contributed by atoms with Crippen molar-refractivity contribution in [2.75, 3.05) is 13.1 Å². The molecule has 102 valence electrons. The van der Waals surface area contributed by atoms with Crippen LogP contribution in [0.2, 0.25) is 0 Å². The Morgan fingerprint density at radius 3 is 2.42 bits per heavy atom. The highest BCUT2D eigenvalue weighted by atomic mass is 16.2. The first-order valence-corrected chi connectivity index (χ1v) is 6.17. The summed E-state index contributed by atoms with van der Waals surface area (Å²) in [6.45, 7) is 6.84. The maximum absolute atomic E-state index is 11.5. The lowest BCUT2D eigenvalue weighted by molar-refractivity contribution is 0.0956. The van der Waals surface area contributed by atoms with Gasteiger partial charge in [-0.05, 0) is 24.6 Å². The maximum atomic E-state index is 11.5. The van der Waals surface area contributed by atoms with Crippen LogP contribution in [0.4, 0.5) is 4.79 Å². The lowest BCUT2D eigenvalue weighted by atomic mass is 10.1. The lowest BCUT2D eigenvalue weighted by Crippen LogP contribution is -2.34. The number of urea groups is 1. The van der Waals surface area contributed by atoms with Crippen molar-refractivity contribution in [2.45, 2.75) is 13.5 Å². The summed E-state index contributed by atoms with van der Waals surface area (Å²) in [5, 5.41) is 8.05. The van der Waals surface area contributed by atoms with Gasteiger partial charge >= 0.3 is 6.03 Å². The van der Waals surface area contributed by atoms with Crippen LogP contribution in [0.25, 0.3) is 0 Å². The zero-order chi connectivity index (χ0) is 14.1. The molecule has 0 atom stereocenters. The third-order valence-electron chi connectivity index (χ3n) is 2.41. The third-order valence-corrected chi connectivity index (χ3v) is 2.41. The molecule has 0 aromatic heterocycles.